The average molecular weight is 528 g/mol. The molecule has 0 aliphatic carbocycles. The highest BCUT2D eigenvalue weighted by molar-refractivity contribution is 6.40. The van der Waals surface area contributed by atoms with Gasteiger partial charge in [0.05, 0.1) is 22.7 Å². The first kappa shape index (κ1) is 24.3. The molecule has 36 heavy (non-hydrogen) atoms. The minimum atomic E-state index is -0.614. The fourth-order valence-corrected chi connectivity index (χ4v) is 4.98. The van der Waals surface area contributed by atoms with Crippen molar-refractivity contribution in [1.29, 1.82) is 0 Å². The third kappa shape index (κ3) is 4.14. The minimum Gasteiger partial charge on any atom is -0.493 e. The van der Waals surface area contributed by atoms with E-state index in [0.29, 0.717) is 52.0 Å². The molecule has 0 radical (unpaired) electrons. The van der Waals surface area contributed by atoms with Crippen LogP contribution < -0.4 is 15.5 Å². The molecular weight excluding hydrogens is 505 g/mol. The molecule has 4 aromatic rings. The zero-order chi connectivity index (χ0) is 25.6. The van der Waals surface area contributed by atoms with Crippen LogP contribution in [0.2, 0.25) is 10.0 Å². The second-order valence-corrected chi connectivity index (χ2v) is 9.34. The summed E-state index contributed by atoms with van der Waals surface area (Å²) in [6.45, 7) is 2.71. The number of piperazine rings is 1. The molecule has 0 saturated carbocycles. The van der Waals surface area contributed by atoms with Crippen LogP contribution in [-0.4, -0.2) is 67.0 Å². The smallest absolute Gasteiger partial charge is 0.272 e. The summed E-state index contributed by atoms with van der Waals surface area (Å²) in [4.78, 5) is 32.5. The van der Waals surface area contributed by atoms with Crippen molar-refractivity contribution in [2.75, 3.05) is 45.3 Å². The van der Waals surface area contributed by atoms with Gasteiger partial charge in [-0.05, 0) is 37.4 Å². The molecule has 1 saturated heterocycles. The van der Waals surface area contributed by atoms with Gasteiger partial charge in [-0.2, -0.15) is 0 Å². The number of amides is 2. The number of hydrogen-bond acceptors (Lipinski definition) is 7. The van der Waals surface area contributed by atoms with Crippen molar-refractivity contribution in [3.8, 4) is 5.75 Å². The number of carbonyl (C=O) groups is 2. The Hall–Kier alpha value is -3.37. The summed E-state index contributed by atoms with van der Waals surface area (Å²) in [5.41, 5.74) is 7.49. The van der Waals surface area contributed by atoms with E-state index in [9.17, 15) is 9.59 Å². The van der Waals surface area contributed by atoms with Crippen molar-refractivity contribution in [1.82, 2.24) is 14.9 Å². The van der Waals surface area contributed by atoms with E-state index in [1.807, 2.05) is 12.1 Å². The average Bonchev–Trinajstić information content (AvgIpc) is 3.25. The Morgan fingerprint density at radius 2 is 1.78 bits per heavy atom. The molecule has 0 bridgehead atoms. The molecule has 2 aromatic heterocycles. The van der Waals surface area contributed by atoms with Gasteiger partial charge in [-0.3, -0.25) is 14.6 Å². The number of hydrogen-bond donors (Lipinski definition) is 1. The van der Waals surface area contributed by atoms with E-state index < -0.39 is 5.91 Å². The minimum absolute atomic E-state index is 0.255. The number of carbonyl (C=O) groups excluding carboxylic acids is 2. The molecule has 0 atom stereocenters. The van der Waals surface area contributed by atoms with Crippen LogP contribution >= 0.6 is 23.2 Å². The summed E-state index contributed by atoms with van der Waals surface area (Å²) >= 11 is 13.0. The first-order valence-corrected chi connectivity index (χ1v) is 12.0. The Bertz CT molecular complexity index is 1480. The number of furan rings is 1. The van der Waals surface area contributed by atoms with Gasteiger partial charge in [0.2, 0.25) is 5.91 Å². The second kappa shape index (κ2) is 9.59. The molecule has 2 amide bonds. The standard InChI is InChI=1S/C25H23Cl2N5O4/c1-30-7-9-31(10-8-30)32(22-17(26)12-29-13-18(22)27)25(34)14-3-5-19-16(11-14)21-15(24(28)33)4-6-20(35-2)23(21)36-19/h3-6,11-13H,7-10H2,1-2H3,(H2,28,33). The van der Waals surface area contributed by atoms with Gasteiger partial charge in [-0.1, -0.05) is 23.2 Å². The molecule has 0 unspecified atom stereocenters. The number of fused-ring (bicyclic) bond motifs is 3. The van der Waals surface area contributed by atoms with E-state index in [-0.39, 0.29) is 21.5 Å². The Labute approximate surface area is 216 Å². The van der Waals surface area contributed by atoms with Crippen molar-refractivity contribution in [3.05, 3.63) is 63.9 Å². The maximum atomic E-state index is 14.1. The maximum Gasteiger partial charge on any atom is 0.272 e. The zero-order valence-electron chi connectivity index (χ0n) is 19.6. The summed E-state index contributed by atoms with van der Waals surface area (Å²) in [5, 5.41) is 4.99. The van der Waals surface area contributed by atoms with Crippen molar-refractivity contribution >= 4 is 62.6 Å². The monoisotopic (exact) mass is 527 g/mol. The molecule has 186 valence electrons. The molecule has 5 rings (SSSR count). The topological polar surface area (TPSA) is 105 Å². The molecule has 1 aliphatic rings. The lowest BCUT2D eigenvalue weighted by molar-refractivity contribution is 0.0820. The van der Waals surface area contributed by atoms with Crippen LogP contribution in [0.4, 0.5) is 5.69 Å². The lowest BCUT2D eigenvalue weighted by Gasteiger charge is -2.40. The van der Waals surface area contributed by atoms with Crippen LogP contribution in [0.5, 0.6) is 5.75 Å². The van der Waals surface area contributed by atoms with Gasteiger partial charge in [0.25, 0.3) is 5.91 Å². The molecular formula is C25H23Cl2N5O4. The van der Waals surface area contributed by atoms with Crippen LogP contribution in [-0.2, 0) is 0 Å². The number of halogens is 2. The number of aromatic nitrogens is 1. The van der Waals surface area contributed by atoms with E-state index >= 15 is 0 Å². The van der Waals surface area contributed by atoms with Crippen molar-refractivity contribution in [2.24, 2.45) is 5.73 Å². The predicted molar refractivity (Wildman–Crippen MR) is 139 cm³/mol. The van der Waals surface area contributed by atoms with Crippen LogP contribution in [0, 0.1) is 0 Å². The van der Waals surface area contributed by atoms with Crippen LogP contribution in [0.1, 0.15) is 20.7 Å². The molecule has 3 heterocycles. The highest BCUT2D eigenvalue weighted by Crippen LogP contribution is 2.39. The number of benzene rings is 2. The number of rotatable bonds is 5. The Morgan fingerprint density at radius 1 is 1.08 bits per heavy atom. The largest absolute Gasteiger partial charge is 0.493 e. The van der Waals surface area contributed by atoms with E-state index in [2.05, 4.69) is 9.88 Å². The third-order valence-electron chi connectivity index (χ3n) is 6.31. The first-order chi connectivity index (χ1) is 17.3. The maximum absolute atomic E-state index is 14.1. The fraction of sp³-hybridized carbons (Fsp3) is 0.240. The quantitative estimate of drug-likeness (QED) is 0.414. The van der Waals surface area contributed by atoms with E-state index in [0.717, 1.165) is 13.1 Å². The van der Waals surface area contributed by atoms with Crippen molar-refractivity contribution in [2.45, 2.75) is 0 Å². The normalized spacial score (nSPS) is 14.9. The molecule has 0 spiro atoms. The number of methoxy groups -OCH3 is 1. The SMILES string of the molecule is COc1ccc(C(N)=O)c2c1oc1ccc(C(=O)N(c3c(Cl)cncc3Cl)N3CCN(C)CC3)cc12. The highest BCUT2D eigenvalue weighted by atomic mass is 35.5. The Morgan fingerprint density at radius 3 is 2.42 bits per heavy atom. The second-order valence-electron chi connectivity index (χ2n) is 8.52. The summed E-state index contributed by atoms with van der Waals surface area (Å²) in [6.07, 6.45) is 2.91. The van der Waals surface area contributed by atoms with Crippen molar-refractivity contribution < 1.29 is 18.7 Å². The molecule has 2 N–H and O–H groups in total. The first-order valence-electron chi connectivity index (χ1n) is 11.2. The lowest BCUT2D eigenvalue weighted by atomic mass is 10.0. The van der Waals surface area contributed by atoms with E-state index in [4.69, 9.17) is 38.1 Å². The van der Waals surface area contributed by atoms with Crippen LogP contribution in [0.3, 0.4) is 0 Å². The molecule has 2 aromatic carbocycles. The van der Waals surface area contributed by atoms with Crippen molar-refractivity contribution in [3.63, 3.8) is 0 Å². The van der Waals surface area contributed by atoms with Gasteiger partial charge in [-0.15, -0.1) is 0 Å². The van der Waals surface area contributed by atoms with Gasteiger partial charge >= 0.3 is 0 Å². The third-order valence-corrected chi connectivity index (χ3v) is 6.86. The number of pyridine rings is 1. The zero-order valence-corrected chi connectivity index (χ0v) is 21.1. The van der Waals surface area contributed by atoms with E-state index in [1.54, 1.807) is 30.3 Å². The molecule has 1 fully saturated rings. The summed E-state index contributed by atoms with van der Waals surface area (Å²) in [5.74, 6) is -0.501. The fourth-order valence-electron chi connectivity index (χ4n) is 4.45. The van der Waals surface area contributed by atoms with Gasteiger partial charge in [-0.25, -0.2) is 10.0 Å². The number of nitrogens with zero attached hydrogens (tertiary/aromatic N) is 4. The number of hydrazine groups is 1. The molecule has 11 heteroatoms. The van der Waals surface area contributed by atoms with E-state index in [1.165, 1.54) is 24.5 Å². The summed E-state index contributed by atoms with van der Waals surface area (Å²) in [7, 11) is 3.54. The molecule has 1 aliphatic heterocycles. The Balaban J connectivity index is 1.68. The number of ether oxygens (including phenoxy) is 1. The lowest BCUT2D eigenvalue weighted by Crippen LogP contribution is -2.55. The van der Waals surface area contributed by atoms with Gasteiger partial charge in [0.1, 0.15) is 11.3 Å². The van der Waals surface area contributed by atoms with Gasteiger partial charge in [0, 0.05) is 54.9 Å². The van der Waals surface area contributed by atoms with Gasteiger partial charge < -0.3 is 19.8 Å². The number of likely N-dealkylation sites (N-methyl/N-ethyl adjacent to an activating group) is 1. The predicted octanol–water partition coefficient (Wildman–Crippen LogP) is 4.20. The number of primary amides is 1. The number of nitrogens with two attached hydrogens (primary N) is 1. The Kier molecular flexibility index (Phi) is 6.48. The summed E-state index contributed by atoms with van der Waals surface area (Å²) < 4.78 is 11.4. The number of anilines is 1. The van der Waals surface area contributed by atoms with Crippen LogP contribution in [0.15, 0.2) is 47.1 Å². The molecule has 9 nitrogen and oxygen atoms in total. The summed E-state index contributed by atoms with van der Waals surface area (Å²) in [6, 6.07) is 8.24. The highest BCUT2D eigenvalue weighted by Gasteiger charge is 2.31. The van der Waals surface area contributed by atoms with Gasteiger partial charge in [0.15, 0.2) is 11.3 Å². The van der Waals surface area contributed by atoms with Crippen LogP contribution in [0.25, 0.3) is 21.9 Å².